The van der Waals surface area contributed by atoms with Crippen LogP contribution in [0.1, 0.15) is 21.4 Å². The predicted molar refractivity (Wildman–Crippen MR) is 66.9 cm³/mol. The van der Waals surface area contributed by atoms with Gasteiger partial charge in [-0.25, -0.2) is 4.98 Å². The highest BCUT2D eigenvalue weighted by Gasteiger charge is 2.11. The molecule has 1 atom stereocenters. The maximum atomic E-state index is 11.7. The lowest BCUT2D eigenvalue weighted by atomic mass is 10.2. The number of thiol groups is 1. The highest BCUT2D eigenvalue weighted by Crippen LogP contribution is 2.13. The second-order valence-electron chi connectivity index (χ2n) is 3.44. The molecule has 2 aromatic rings. The van der Waals surface area contributed by atoms with Crippen LogP contribution in [0.3, 0.4) is 0 Å². The van der Waals surface area contributed by atoms with E-state index >= 15 is 0 Å². The van der Waals surface area contributed by atoms with E-state index in [2.05, 4.69) is 32.9 Å². The van der Waals surface area contributed by atoms with Gasteiger partial charge in [-0.15, -0.1) is 0 Å². The van der Waals surface area contributed by atoms with Gasteiger partial charge in [-0.05, 0) is 12.1 Å². The van der Waals surface area contributed by atoms with Gasteiger partial charge in [0.25, 0.3) is 5.91 Å². The molecule has 0 spiro atoms. The lowest BCUT2D eigenvalue weighted by molar-refractivity contribution is 0.0953. The van der Waals surface area contributed by atoms with Crippen molar-refractivity contribution >= 4 is 18.5 Å². The Labute approximate surface area is 104 Å². The molecule has 2 rings (SSSR count). The molecule has 17 heavy (non-hydrogen) atoms. The fraction of sp³-hybridized carbons (Fsp3) is 0.182. The van der Waals surface area contributed by atoms with Crippen molar-refractivity contribution in [3.63, 3.8) is 0 Å². The minimum Gasteiger partial charge on any atom is -0.350 e. The van der Waals surface area contributed by atoms with Gasteiger partial charge in [0.15, 0.2) is 0 Å². The first-order valence-corrected chi connectivity index (χ1v) is 5.64. The van der Waals surface area contributed by atoms with Crippen LogP contribution in [0.15, 0.2) is 36.9 Å². The van der Waals surface area contributed by atoms with Gasteiger partial charge >= 0.3 is 0 Å². The zero-order valence-electron chi connectivity index (χ0n) is 9.00. The summed E-state index contributed by atoms with van der Waals surface area (Å²) < 4.78 is 0. The molecular formula is C11H12N4OS. The quantitative estimate of drug-likeness (QED) is 0.712. The maximum Gasteiger partial charge on any atom is 0.251 e. The maximum absolute atomic E-state index is 11.7. The Hall–Kier alpha value is -1.82. The predicted octanol–water partition coefficient (Wildman–Crippen LogP) is 1.21. The monoisotopic (exact) mass is 248 g/mol. The third kappa shape index (κ3) is 3.07. The molecular weight excluding hydrogens is 236 g/mol. The van der Waals surface area contributed by atoms with Crippen LogP contribution in [0.5, 0.6) is 0 Å². The highest BCUT2D eigenvalue weighted by molar-refractivity contribution is 7.80. The Morgan fingerprint density at radius 2 is 2.18 bits per heavy atom. The van der Waals surface area contributed by atoms with Crippen LogP contribution in [-0.4, -0.2) is 27.4 Å². The van der Waals surface area contributed by atoms with E-state index in [1.54, 1.807) is 36.9 Å². The summed E-state index contributed by atoms with van der Waals surface area (Å²) in [6.45, 7) is 0.414. The number of imidazole rings is 1. The van der Waals surface area contributed by atoms with Crippen LogP contribution in [0.2, 0.25) is 0 Å². The molecule has 0 aliphatic rings. The van der Waals surface area contributed by atoms with Gasteiger partial charge in [-0.2, -0.15) is 12.6 Å². The minimum absolute atomic E-state index is 0.141. The van der Waals surface area contributed by atoms with Gasteiger partial charge in [-0.3, -0.25) is 9.78 Å². The number of hydrogen-bond donors (Lipinski definition) is 3. The molecule has 0 aromatic carbocycles. The number of aromatic nitrogens is 3. The molecule has 2 heterocycles. The Balaban J connectivity index is 1.89. The molecule has 0 fully saturated rings. The number of rotatable bonds is 4. The lowest BCUT2D eigenvalue weighted by Gasteiger charge is -2.09. The molecule has 1 amide bonds. The van der Waals surface area contributed by atoms with Crippen molar-refractivity contribution in [2.45, 2.75) is 5.25 Å². The van der Waals surface area contributed by atoms with Crippen LogP contribution < -0.4 is 5.32 Å². The largest absolute Gasteiger partial charge is 0.350 e. The number of nitrogens with one attached hydrogen (secondary N) is 2. The Morgan fingerprint density at radius 1 is 1.41 bits per heavy atom. The molecule has 1 unspecified atom stereocenters. The molecule has 0 aliphatic heterocycles. The standard InChI is InChI=1S/C11H12N4OS/c16-11(8-1-3-12-4-2-8)15-7-9(17)10-13-5-6-14-10/h1-6,9,17H,7H2,(H,13,14)(H,15,16). The molecule has 6 heteroatoms. The zero-order valence-corrected chi connectivity index (χ0v) is 9.89. The third-order valence-corrected chi connectivity index (χ3v) is 2.66. The number of nitrogens with zero attached hydrogens (tertiary/aromatic N) is 2. The molecule has 2 aromatic heterocycles. The number of H-pyrrole nitrogens is 1. The zero-order chi connectivity index (χ0) is 12.1. The summed E-state index contributed by atoms with van der Waals surface area (Å²) in [7, 11) is 0. The normalized spacial score (nSPS) is 12.1. The number of aromatic amines is 1. The van der Waals surface area contributed by atoms with Crippen molar-refractivity contribution in [3.05, 3.63) is 48.3 Å². The van der Waals surface area contributed by atoms with Crippen LogP contribution in [-0.2, 0) is 0 Å². The van der Waals surface area contributed by atoms with Gasteiger partial charge in [-0.1, -0.05) is 0 Å². The molecule has 88 valence electrons. The SMILES string of the molecule is O=C(NCC(S)c1ncc[nH]1)c1ccncc1. The molecule has 5 nitrogen and oxygen atoms in total. The van der Waals surface area contributed by atoms with Gasteiger partial charge in [0, 0.05) is 36.9 Å². The third-order valence-electron chi connectivity index (χ3n) is 2.23. The summed E-state index contributed by atoms with van der Waals surface area (Å²) in [4.78, 5) is 22.6. The molecule has 0 saturated heterocycles. The number of amides is 1. The van der Waals surface area contributed by atoms with E-state index in [0.29, 0.717) is 12.1 Å². The van der Waals surface area contributed by atoms with Gasteiger partial charge in [0.1, 0.15) is 5.82 Å². The van der Waals surface area contributed by atoms with Gasteiger partial charge in [0.05, 0.1) is 5.25 Å². The number of pyridine rings is 1. The summed E-state index contributed by atoms with van der Waals surface area (Å²) in [6.07, 6.45) is 6.55. The minimum atomic E-state index is -0.143. The summed E-state index contributed by atoms with van der Waals surface area (Å²) in [5, 5.41) is 2.64. The number of carbonyl (C=O) groups is 1. The smallest absolute Gasteiger partial charge is 0.251 e. The van der Waals surface area contributed by atoms with E-state index in [1.807, 2.05) is 0 Å². The average molecular weight is 248 g/mol. The van der Waals surface area contributed by atoms with Crippen LogP contribution in [0.25, 0.3) is 0 Å². The van der Waals surface area contributed by atoms with Crippen molar-refractivity contribution in [2.75, 3.05) is 6.54 Å². The van der Waals surface area contributed by atoms with Crippen molar-refractivity contribution in [1.29, 1.82) is 0 Å². The number of carbonyl (C=O) groups excluding carboxylic acids is 1. The fourth-order valence-electron chi connectivity index (χ4n) is 1.35. The van der Waals surface area contributed by atoms with E-state index < -0.39 is 0 Å². The average Bonchev–Trinajstić information content (AvgIpc) is 2.90. The Bertz CT molecular complexity index is 471. The summed E-state index contributed by atoms with van der Waals surface area (Å²) in [6, 6.07) is 3.32. The molecule has 0 aliphatic carbocycles. The second-order valence-corrected chi connectivity index (χ2v) is 4.06. The van der Waals surface area contributed by atoms with E-state index in [0.717, 1.165) is 5.82 Å². The number of hydrogen-bond acceptors (Lipinski definition) is 4. The van der Waals surface area contributed by atoms with E-state index in [1.165, 1.54) is 0 Å². The lowest BCUT2D eigenvalue weighted by Crippen LogP contribution is -2.27. The van der Waals surface area contributed by atoms with Gasteiger partial charge < -0.3 is 10.3 Å². The van der Waals surface area contributed by atoms with E-state index in [-0.39, 0.29) is 11.2 Å². The van der Waals surface area contributed by atoms with E-state index in [9.17, 15) is 4.79 Å². The van der Waals surface area contributed by atoms with Crippen molar-refractivity contribution in [2.24, 2.45) is 0 Å². The fourth-order valence-corrected chi connectivity index (χ4v) is 1.58. The first-order chi connectivity index (χ1) is 8.27. The summed E-state index contributed by atoms with van der Waals surface area (Å²) in [5.74, 6) is 0.598. The van der Waals surface area contributed by atoms with E-state index in [4.69, 9.17) is 0 Å². The summed E-state index contributed by atoms with van der Waals surface area (Å²) in [5.41, 5.74) is 0.583. The van der Waals surface area contributed by atoms with Crippen molar-refractivity contribution in [3.8, 4) is 0 Å². The molecule has 0 bridgehead atoms. The second kappa shape index (κ2) is 5.49. The Morgan fingerprint density at radius 3 is 2.82 bits per heavy atom. The van der Waals surface area contributed by atoms with Crippen LogP contribution in [0, 0.1) is 0 Å². The van der Waals surface area contributed by atoms with Crippen LogP contribution in [0.4, 0.5) is 0 Å². The van der Waals surface area contributed by atoms with Crippen molar-refractivity contribution in [1.82, 2.24) is 20.3 Å². The summed E-state index contributed by atoms with van der Waals surface area (Å²) >= 11 is 4.35. The van der Waals surface area contributed by atoms with Crippen LogP contribution >= 0.6 is 12.6 Å². The topological polar surface area (TPSA) is 70.7 Å². The first kappa shape index (κ1) is 11.7. The highest BCUT2D eigenvalue weighted by atomic mass is 32.1. The Kier molecular flexibility index (Phi) is 3.77. The van der Waals surface area contributed by atoms with Crippen molar-refractivity contribution < 1.29 is 4.79 Å². The first-order valence-electron chi connectivity index (χ1n) is 5.13. The molecule has 2 N–H and O–H groups in total. The molecule has 0 saturated carbocycles. The molecule has 0 radical (unpaired) electrons. The van der Waals surface area contributed by atoms with Gasteiger partial charge in [0.2, 0.25) is 0 Å².